The van der Waals surface area contributed by atoms with E-state index in [1.165, 1.54) is 35.1 Å². The predicted octanol–water partition coefficient (Wildman–Crippen LogP) is 3.12. The molecule has 1 aliphatic rings. The molecule has 1 aromatic heterocycles. The van der Waals surface area contributed by atoms with Crippen LogP contribution in [0.25, 0.3) is 0 Å². The Morgan fingerprint density at radius 3 is 3.12 bits per heavy atom. The lowest BCUT2D eigenvalue weighted by molar-refractivity contribution is 0.552. The lowest BCUT2D eigenvalue weighted by atomic mass is 10.2. The van der Waals surface area contributed by atoms with Crippen molar-refractivity contribution < 1.29 is 0 Å². The fraction of sp³-hybridized carbons (Fsp3) is 0.667. The van der Waals surface area contributed by atoms with Gasteiger partial charge in [-0.05, 0) is 24.8 Å². The van der Waals surface area contributed by atoms with E-state index in [4.69, 9.17) is 0 Å². The van der Waals surface area contributed by atoms with Crippen molar-refractivity contribution >= 4 is 34.9 Å². The SMILES string of the molecule is CC(Cc1cccs1)NCC1CSCCS1. The first-order valence-electron chi connectivity index (χ1n) is 5.79. The van der Waals surface area contributed by atoms with Gasteiger partial charge in [-0.3, -0.25) is 0 Å². The van der Waals surface area contributed by atoms with E-state index >= 15 is 0 Å². The molecule has 4 heteroatoms. The molecule has 16 heavy (non-hydrogen) atoms. The van der Waals surface area contributed by atoms with Crippen LogP contribution in [0.4, 0.5) is 0 Å². The monoisotopic (exact) mass is 273 g/mol. The fourth-order valence-electron chi connectivity index (χ4n) is 1.79. The highest BCUT2D eigenvalue weighted by atomic mass is 32.2. The Morgan fingerprint density at radius 2 is 2.44 bits per heavy atom. The lowest BCUT2D eigenvalue weighted by Crippen LogP contribution is -2.35. The summed E-state index contributed by atoms with van der Waals surface area (Å²) >= 11 is 6.10. The van der Waals surface area contributed by atoms with Crippen LogP contribution in [0.15, 0.2) is 17.5 Å². The van der Waals surface area contributed by atoms with Crippen molar-refractivity contribution in [2.45, 2.75) is 24.6 Å². The molecule has 2 atom stereocenters. The van der Waals surface area contributed by atoms with Gasteiger partial charge in [-0.15, -0.1) is 11.3 Å². The summed E-state index contributed by atoms with van der Waals surface area (Å²) in [5.41, 5.74) is 0. The second-order valence-electron chi connectivity index (χ2n) is 4.16. The van der Waals surface area contributed by atoms with Crippen molar-refractivity contribution in [3.8, 4) is 0 Å². The van der Waals surface area contributed by atoms with Crippen LogP contribution in [0.3, 0.4) is 0 Å². The van der Waals surface area contributed by atoms with Crippen LogP contribution >= 0.6 is 34.9 Å². The van der Waals surface area contributed by atoms with Gasteiger partial charge in [0.05, 0.1) is 0 Å². The number of hydrogen-bond acceptors (Lipinski definition) is 4. The minimum Gasteiger partial charge on any atom is -0.313 e. The van der Waals surface area contributed by atoms with E-state index in [9.17, 15) is 0 Å². The van der Waals surface area contributed by atoms with Crippen molar-refractivity contribution in [3.63, 3.8) is 0 Å². The average molecular weight is 273 g/mol. The smallest absolute Gasteiger partial charge is 0.0263 e. The maximum atomic E-state index is 3.66. The van der Waals surface area contributed by atoms with Crippen LogP contribution in [0.2, 0.25) is 0 Å². The molecule has 0 saturated carbocycles. The van der Waals surface area contributed by atoms with Crippen molar-refractivity contribution in [2.24, 2.45) is 0 Å². The molecule has 2 heterocycles. The molecule has 1 saturated heterocycles. The zero-order chi connectivity index (χ0) is 11.2. The summed E-state index contributed by atoms with van der Waals surface area (Å²) in [7, 11) is 0. The van der Waals surface area contributed by atoms with Crippen molar-refractivity contribution in [1.29, 1.82) is 0 Å². The maximum absolute atomic E-state index is 3.66. The summed E-state index contributed by atoms with van der Waals surface area (Å²) in [5.74, 6) is 3.99. The van der Waals surface area contributed by atoms with E-state index in [0.717, 1.165) is 5.25 Å². The van der Waals surface area contributed by atoms with Gasteiger partial charge in [0.25, 0.3) is 0 Å². The van der Waals surface area contributed by atoms with Crippen LogP contribution in [-0.4, -0.2) is 35.1 Å². The molecule has 0 amide bonds. The Bertz CT molecular complexity index is 280. The largest absolute Gasteiger partial charge is 0.313 e. The first-order chi connectivity index (χ1) is 7.84. The van der Waals surface area contributed by atoms with Gasteiger partial charge >= 0.3 is 0 Å². The molecule has 0 radical (unpaired) electrons. The summed E-state index contributed by atoms with van der Waals surface area (Å²) < 4.78 is 0. The van der Waals surface area contributed by atoms with E-state index in [1.807, 2.05) is 11.3 Å². The molecule has 1 aromatic rings. The molecule has 90 valence electrons. The van der Waals surface area contributed by atoms with Crippen molar-refractivity contribution in [1.82, 2.24) is 5.32 Å². The number of hydrogen-bond donors (Lipinski definition) is 1. The summed E-state index contributed by atoms with van der Waals surface area (Å²) in [6, 6.07) is 4.97. The van der Waals surface area contributed by atoms with Crippen molar-refractivity contribution in [3.05, 3.63) is 22.4 Å². The van der Waals surface area contributed by atoms with Gasteiger partial charge in [0.15, 0.2) is 0 Å². The molecule has 1 nitrogen and oxygen atoms in total. The standard InChI is InChI=1S/C12H19NS3/c1-10(7-11-3-2-4-15-11)13-8-12-9-14-5-6-16-12/h2-4,10,12-13H,5-9H2,1H3. The minimum absolute atomic E-state index is 0.603. The topological polar surface area (TPSA) is 12.0 Å². The predicted molar refractivity (Wildman–Crippen MR) is 79.1 cm³/mol. The number of thiophene rings is 1. The van der Waals surface area contributed by atoms with E-state index < -0.39 is 0 Å². The molecule has 1 aliphatic heterocycles. The number of thioether (sulfide) groups is 2. The molecule has 0 aromatic carbocycles. The Hall–Kier alpha value is 0.360. The van der Waals surface area contributed by atoms with Gasteiger partial charge in [0, 0.05) is 40.0 Å². The van der Waals surface area contributed by atoms with E-state index in [-0.39, 0.29) is 0 Å². The molecular formula is C12H19NS3. The van der Waals surface area contributed by atoms with Gasteiger partial charge in [-0.2, -0.15) is 23.5 Å². The summed E-state index contributed by atoms with van der Waals surface area (Å²) in [4.78, 5) is 1.49. The Morgan fingerprint density at radius 1 is 1.50 bits per heavy atom. The number of rotatable bonds is 5. The Kier molecular flexibility index (Phi) is 5.56. The van der Waals surface area contributed by atoms with Crippen LogP contribution in [0, 0.1) is 0 Å². The Balaban J connectivity index is 1.65. The van der Waals surface area contributed by atoms with Crippen LogP contribution in [0.1, 0.15) is 11.8 Å². The minimum atomic E-state index is 0.603. The van der Waals surface area contributed by atoms with Crippen LogP contribution in [-0.2, 0) is 6.42 Å². The van der Waals surface area contributed by atoms with Gasteiger partial charge in [0.2, 0.25) is 0 Å². The fourth-order valence-corrected chi connectivity index (χ4v) is 5.25. The molecule has 2 unspecified atom stereocenters. The first-order valence-corrected chi connectivity index (χ1v) is 8.88. The highest BCUT2D eigenvalue weighted by Gasteiger charge is 2.14. The maximum Gasteiger partial charge on any atom is 0.0263 e. The zero-order valence-electron chi connectivity index (χ0n) is 9.65. The normalized spacial score (nSPS) is 23.2. The second kappa shape index (κ2) is 6.94. The van der Waals surface area contributed by atoms with E-state index in [1.54, 1.807) is 0 Å². The third kappa shape index (κ3) is 4.32. The highest BCUT2D eigenvalue weighted by molar-refractivity contribution is 8.06. The highest BCUT2D eigenvalue weighted by Crippen LogP contribution is 2.23. The van der Waals surface area contributed by atoms with Gasteiger partial charge in [-0.1, -0.05) is 6.07 Å². The number of nitrogens with one attached hydrogen (secondary N) is 1. The molecule has 1 N–H and O–H groups in total. The van der Waals surface area contributed by atoms with Gasteiger partial charge in [0.1, 0.15) is 0 Å². The van der Waals surface area contributed by atoms with Crippen molar-refractivity contribution in [2.75, 3.05) is 23.8 Å². The van der Waals surface area contributed by atoms with Gasteiger partial charge in [-0.25, -0.2) is 0 Å². The quantitative estimate of drug-likeness (QED) is 0.885. The molecule has 0 spiro atoms. The van der Waals surface area contributed by atoms with Crippen LogP contribution < -0.4 is 5.32 Å². The van der Waals surface area contributed by atoms with E-state index in [0.29, 0.717) is 6.04 Å². The van der Waals surface area contributed by atoms with E-state index in [2.05, 4.69) is 53.3 Å². The molecule has 0 bridgehead atoms. The average Bonchev–Trinajstić information content (AvgIpc) is 2.81. The molecule has 1 fully saturated rings. The third-order valence-electron chi connectivity index (χ3n) is 2.67. The molecule has 2 rings (SSSR count). The second-order valence-corrected chi connectivity index (χ2v) is 7.75. The summed E-state index contributed by atoms with van der Waals surface area (Å²) in [6.07, 6.45) is 1.17. The summed E-state index contributed by atoms with van der Waals surface area (Å²) in [6.45, 7) is 3.46. The Labute approximate surface area is 111 Å². The first kappa shape index (κ1) is 12.8. The van der Waals surface area contributed by atoms with Crippen LogP contribution in [0.5, 0.6) is 0 Å². The van der Waals surface area contributed by atoms with Gasteiger partial charge < -0.3 is 5.32 Å². The molecule has 0 aliphatic carbocycles. The molecular weight excluding hydrogens is 254 g/mol. The third-order valence-corrected chi connectivity index (χ3v) is 6.41. The lowest BCUT2D eigenvalue weighted by Gasteiger charge is -2.23. The summed E-state index contributed by atoms with van der Waals surface area (Å²) in [5, 5.41) is 6.65. The zero-order valence-corrected chi connectivity index (χ0v) is 12.1.